The van der Waals surface area contributed by atoms with Crippen LogP contribution >= 0.6 is 23.2 Å². The van der Waals surface area contributed by atoms with E-state index in [1.807, 2.05) is 42.5 Å². The Kier molecular flexibility index (Phi) is 5.34. The minimum absolute atomic E-state index is 0.232. The van der Waals surface area contributed by atoms with Crippen molar-refractivity contribution in [1.82, 2.24) is 9.78 Å². The van der Waals surface area contributed by atoms with Gasteiger partial charge in [-0.25, -0.2) is 4.68 Å². The van der Waals surface area contributed by atoms with Crippen molar-refractivity contribution in [1.29, 1.82) is 0 Å². The summed E-state index contributed by atoms with van der Waals surface area (Å²) in [5.74, 6) is -0.409. The number of hydrogen-bond donors (Lipinski definition) is 1. The molecule has 0 fully saturated rings. The number of carbonyl (C=O) groups excluding carboxylic acids is 1. The minimum Gasteiger partial charge on any atom is -0.324 e. The highest BCUT2D eigenvalue weighted by Gasteiger charge is 2.10. The number of halogens is 2. The third kappa shape index (κ3) is 4.47. The van der Waals surface area contributed by atoms with Crippen molar-refractivity contribution in [3.63, 3.8) is 0 Å². The van der Waals surface area contributed by atoms with Gasteiger partial charge in [-0.15, -0.1) is 0 Å². The molecule has 29 heavy (non-hydrogen) atoms. The van der Waals surface area contributed by atoms with Crippen LogP contribution in [0.5, 0.6) is 0 Å². The van der Waals surface area contributed by atoms with Gasteiger partial charge in [0.1, 0.15) is 6.54 Å². The molecule has 5 nitrogen and oxygen atoms in total. The molecule has 144 valence electrons. The predicted molar refractivity (Wildman–Crippen MR) is 117 cm³/mol. The number of aromatic nitrogens is 2. The molecule has 0 bridgehead atoms. The van der Waals surface area contributed by atoms with Gasteiger partial charge in [0.25, 0.3) is 5.56 Å². The Morgan fingerprint density at radius 3 is 2.38 bits per heavy atom. The monoisotopic (exact) mass is 423 g/mol. The molecule has 4 rings (SSSR count). The molecule has 1 heterocycles. The molecule has 0 unspecified atom stereocenters. The van der Waals surface area contributed by atoms with Crippen LogP contribution in [-0.4, -0.2) is 15.7 Å². The largest absolute Gasteiger partial charge is 0.324 e. The fourth-order valence-corrected chi connectivity index (χ4v) is 3.55. The SMILES string of the molecule is O=C(Cn1nc(-c2ccc3ccccc3c2)ccc1=O)Nc1cc(Cl)cc(Cl)c1. The van der Waals surface area contributed by atoms with Crippen molar-refractivity contribution < 1.29 is 4.79 Å². The maximum absolute atomic E-state index is 12.4. The summed E-state index contributed by atoms with van der Waals surface area (Å²) >= 11 is 11.9. The van der Waals surface area contributed by atoms with Crippen molar-refractivity contribution in [2.75, 3.05) is 5.32 Å². The summed E-state index contributed by atoms with van der Waals surface area (Å²) in [5, 5.41) is 10.0. The van der Waals surface area contributed by atoms with Crippen molar-refractivity contribution in [3.8, 4) is 11.3 Å². The highest BCUT2D eigenvalue weighted by Crippen LogP contribution is 2.23. The number of hydrogen-bond acceptors (Lipinski definition) is 3. The van der Waals surface area contributed by atoms with E-state index >= 15 is 0 Å². The standard InChI is InChI=1S/C22H15Cl2N3O2/c23-17-10-18(24)12-19(11-17)25-21(28)13-27-22(29)8-7-20(26-27)16-6-5-14-3-1-2-4-15(14)9-16/h1-12H,13H2,(H,25,28). The molecule has 0 saturated carbocycles. The Bertz CT molecular complexity index is 1260. The van der Waals surface area contributed by atoms with Crippen molar-refractivity contribution in [3.05, 3.63) is 93.2 Å². The fourth-order valence-electron chi connectivity index (χ4n) is 3.03. The first-order valence-electron chi connectivity index (χ1n) is 8.81. The highest BCUT2D eigenvalue weighted by molar-refractivity contribution is 6.35. The van der Waals surface area contributed by atoms with Gasteiger partial charge < -0.3 is 5.32 Å². The van der Waals surface area contributed by atoms with Gasteiger partial charge >= 0.3 is 0 Å². The Labute approximate surface area is 176 Å². The lowest BCUT2D eigenvalue weighted by atomic mass is 10.1. The van der Waals surface area contributed by atoms with Crippen molar-refractivity contribution in [2.24, 2.45) is 0 Å². The molecule has 0 aliphatic carbocycles. The molecule has 1 aromatic heterocycles. The third-order valence-corrected chi connectivity index (χ3v) is 4.79. The number of carbonyl (C=O) groups is 1. The van der Waals surface area contributed by atoms with E-state index < -0.39 is 5.91 Å². The van der Waals surface area contributed by atoms with Gasteiger partial charge in [0.2, 0.25) is 5.91 Å². The van der Waals surface area contributed by atoms with Gasteiger partial charge in [-0.2, -0.15) is 5.10 Å². The van der Waals surface area contributed by atoms with E-state index in [-0.39, 0.29) is 12.1 Å². The van der Waals surface area contributed by atoms with E-state index in [0.29, 0.717) is 21.4 Å². The number of benzene rings is 3. The molecule has 0 aliphatic heterocycles. The van der Waals surface area contributed by atoms with E-state index in [0.717, 1.165) is 21.0 Å². The Balaban J connectivity index is 1.59. The van der Waals surface area contributed by atoms with Gasteiger partial charge in [-0.05, 0) is 41.1 Å². The average Bonchev–Trinajstić information content (AvgIpc) is 2.68. The van der Waals surface area contributed by atoms with Gasteiger partial charge in [0.05, 0.1) is 5.69 Å². The maximum Gasteiger partial charge on any atom is 0.267 e. The molecule has 7 heteroatoms. The maximum atomic E-state index is 12.4. The quantitative estimate of drug-likeness (QED) is 0.501. The molecule has 0 spiro atoms. The second-order valence-corrected chi connectivity index (χ2v) is 7.36. The lowest BCUT2D eigenvalue weighted by Gasteiger charge is -2.09. The first-order valence-corrected chi connectivity index (χ1v) is 9.57. The zero-order chi connectivity index (χ0) is 20.4. The third-order valence-electron chi connectivity index (χ3n) is 4.35. The Morgan fingerprint density at radius 2 is 1.62 bits per heavy atom. The van der Waals surface area contributed by atoms with Crippen LogP contribution in [0.4, 0.5) is 5.69 Å². The van der Waals surface area contributed by atoms with Crippen LogP contribution in [0.2, 0.25) is 10.0 Å². The Morgan fingerprint density at radius 1 is 0.897 bits per heavy atom. The summed E-state index contributed by atoms with van der Waals surface area (Å²) in [4.78, 5) is 24.6. The highest BCUT2D eigenvalue weighted by atomic mass is 35.5. The number of anilines is 1. The van der Waals surface area contributed by atoms with Crippen LogP contribution < -0.4 is 10.9 Å². The normalized spacial score (nSPS) is 10.8. The molecule has 0 aliphatic rings. The van der Waals surface area contributed by atoms with Crippen LogP contribution in [0.15, 0.2) is 77.6 Å². The smallest absolute Gasteiger partial charge is 0.267 e. The van der Waals surface area contributed by atoms with E-state index in [4.69, 9.17) is 23.2 Å². The summed E-state index contributed by atoms with van der Waals surface area (Å²) in [6.07, 6.45) is 0. The summed E-state index contributed by atoms with van der Waals surface area (Å²) in [6, 6.07) is 21.7. The van der Waals surface area contributed by atoms with E-state index in [2.05, 4.69) is 10.4 Å². The molecular weight excluding hydrogens is 409 g/mol. The molecule has 1 amide bonds. The van der Waals surface area contributed by atoms with Crippen LogP contribution in [0, 0.1) is 0 Å². The summed E-state index contributed by atoms with van der Waals surface area (Å²) in [7, 11) is 0. The summed E-state index contributed by atoms with van der Waals surface area (Å²) in [6.45, 7) is -0.232. The molecule has 3 aromatic carbocycles. The first-order chi connectivity index (χ1) is 14.0. The number of fused-ring (bicyclic) bond motifs is 1. The number of rotatable bonds is 4. The molecule has 4 aromatic rings. The summed E-state index contributed by atoms with van der Waals surface area (Å²) in [5.41, 5.74) is 1.55. The second kappa shape index (κ2) is 8.07. The molecule has 0 saturated heterocycles. The van der Waals surface area contributed by atoms with Crippen LogP contribution in [0.1, 0.15) is 0 Å². The van der Waals surface area contributed by atoms with Gasteiger partial charge in [-0.1, -0.05) is 59.6 Å². The lowest BCUT2D eigenvalue weighted by molar-refractivity contribution is -0.117. The van der Waals surface area contributed by atoms with Crippen LogP contribution in [0.3, 0.4) is 0 Å². The average molecular weight is 424 g/mol. The zero-order valence-electron chi connectivity index (χ0n) is 15.1. The van der Waals surface area contributed by atoms with Gasteiger partial charge in [0, 0.05) is 27.4 Å². The fraction of sp³-hybridized carbons (Fsp3) is 0.0455. The Hall–Kier alpha value is -3.15. The lowest BCUT2D eigenvalue weighted by Crippen LogP contribution is -2.29. The zero-order valence-corrected chi connectivity index (χ0v) is 16.6. The topological polar surface area (TPSA) is 64.0 Å². The predicted octanol–water partition coefficient (Wildman–Crippen LogP) is 5.01. The van der Waals surface area contributed by atoms with Gasteiger partial charge in [-0.3, -0.25) is 9.59 Å². The van der Waals surface area contributed by atoms with Gasteiger partial charge in [0.15, 0.2) is 0 Å². The number of nitrogens with one attached hydrogen (secondary N) is 1. The molecular formula is C22H15Cl2N3O2. The van der Waals surface area contributed by atoms with E-state index in [9.17, 15) is 9.59 Å². The second-order valence-electron chi connectivity index (χ2n) is 6.48. The molecule has 1 N–H and O–H groups in total. The van der Waals surface area contributed by atoms with Crippen LogP contribution in [0.25, 0.3) is 22.0 Å². The number of nitrogens with zero attached hydrogens (tertiary/aromatic N) is 2. The molecule has 0 radical (unpaired) electrons. The summed E-state index contributed by atoms with van der Waals surface area (Å²) < 4.78 is 1.13. The van der Waals surface area contributed by atoms with E-state index in [1.165, 1.54) is 6.07 Å². The number of amides is 1. The molecule has 0 atom stereocenters. The van der Waals surface area contributed by atoms with Crippen LogP contribution in [-0.2, 0) is 11.3 Å². The minimum atomic E-state index is -0.409. The van der Waals surface area contributed by atoms with E-state index in [1.54, 1.807) is 24.3 Å². The first kappa shape index (κ1) is 19.2. The van der Waals surface area contributed by atoms with Crippen molar-refractivity contribution in [2.45, 2.75) is 6.54 Å². The van der Waals surface area contributed by atoms with Crippen molar-refractivity contribution >= 4 is 45.6 Å².